The van der Waals surface area contributed by atoms with Crippen molar-refractivity contribution in [1.82, 2.24) is 14.9 Å². The van der Waals surface area contributed by atoms with Crippen molar-refractivity contribution in [3.05, 3.63) is 83.0 Å². The van der Waals surface area contributed by atoms with Gasteiger partial charge in [-0.05, 0) is 53.7 Å². The smallest absolute Gasteiger partial charge is 0.293 e. The summed E-state index contributed by atoms with van der Waals surface area (Å²) >= 11 is 0.759. The first-order valence-electron chi connectivity index (χ1n) is 9.71. The van der Waals surface area contributed by atoms with Crippen molar-refractivity contribution in [3.63, 3.8) is 0 Å². The van der Waals surface area contributed by atoms with Gasteiger partial charge in [-0.2, -0.15) is 0 Å². The minimum absolute atomic E-state index is 0.0214. The van der Waals surface area contributed by atoms with Gasteiger partial charge in [-0.1, -0.05) is 24.3 Å². The SMILES string of the molecule is C=CCNS(=O)(=O)c1cccc(C(=O)NCCN2C(=O)S/C(=C\c3ccc(F)cc3)C2=O)c1. The Kier molecular flexibility index (Phi) is 7.79. The molecule has 3 amide bonds. The van der Waals surface area contributed by atoms with Crippen LogP contribution < -0.4 is 10.0 Å². The molecule has 1 aliphatic heterocycles. The minimum Gasteiger partial charge on any atom is -0.350 e. The lowest BCUT2D eigenvalue weighted by atomic mass is 10.2. The number of benzene rings is 2. The highest BCUT2D eigenvalue weighted by Crippen LogP contribution is 2.31. The Morgan fingerprint density at radius 2 is 1.88 bits per heavy atom. The zero-order chi connectivity index (χ0) is 24.0. The highest BCUT2D eigenvalue weighted by molar-refractivity contribution is 8.18. The zero-order valence-corrected chi connectivity index (χ0v) is 18.9. The Hall–Kier alpha value is -3.28. The molecule has 2 aromatic rings. The van der Waals surface area contributed by atoms with Crippen molar-refractivity contribution < 1.29 is 27.2 Å². The van der Waals surface area contributed by atoms with E-state index >= 15 is 0 Å². The highest BCUT2D eigenvalue weighted by Gasteiger charge is 2.34. The molecule has 33 heavy (non-hydrogen) atoms. The number of carbonyl (C=O) groups is 3. The third-order valence-electron chi connectivity index (χ3n) is 4.49. The summed E-state index contributed by atoms with van der Waals surface area (Å²) in [4.78, 5) is 38.3. The van der Waals surface area contributed by atoms with Gasteiger partial charge in [0.25, 0.3) is 17.1 Å². The van der Waals surface area contributed by atoms with E-state index in [2.05, 4.69) is 16.6 Å². The van der Waals surface area contributed by atoms with Gasteiger partial charge in [-0.15, -0.1) is 6.58 Å². The Morgan fingerprint density at radius 3 is 2.58 bits per heavy atom. The molecule has 2 N–H and O–H groups in total. The predicted molar refractivity (Wildman–Crippen MR) is 123 cm³/mol. The normalized spacial score (nSPS) is 15.2. The van der Waals surface area contributed by atoms with Crippen LogP contribution in [0.15, 0.2) is 71.0 Å². The van der Waals surface area contributed by atoms with Crippen molar-refractivity contribution in [2.45, 2.75) is 4.90 Å². The van der Waals surface area contributed by atoms with Crippen LogP contribution in [-0.4, -0.2) is 50.0 Å². The molecule has 0 aromatic heterocycles. The van der Waals surface area contributed by atoms with Crippen LogP contribution in [0.4, 0.5) is 9.18 Å². The second kappa shape index (κ2) is 10.6. The fourth-order valence-corrected chi connectivity index (χ4v) is 4.75. The first kappa shape index (κ1) is 24.4. The van der Waals surface area contributed by atoms with Gasteiger partial charge >= 0.3 is 0 Å². The third-order valence-corrected chi connectivity index (χ3v) is 6.82. The van der Waals surface area contributed by atoms with Crippen molar-refractivity contribution in [2.24, 2.45) is 0 Å². The molecule has 3 rings (SSSR count). The Morgan fingerprint density at radius 1 is 1.15 bits per heavy atom. The number of amides is 3. The fraction of sp³-hybridized carbons (Fsp3) is 0.136. The number of rotatable bonds is 9. The van der Waals surface area contributed by atoms with Gasteiger partial charge in [0.2, 0.25) is 10.0 Å². The van der Waals surface area contributed by atoms with Crippen molar-refractivity contribution in [2.75, 3.05) is 19.6 Å². The number of nitrogens with one attached hydrogen (secondary N) is 2. The van der Waals surface area contributed by atoms with E-state index in [1.165, 1.54) is 60.7 Å². The predicted octanol–water partition coefficient (Wildman–Crippen LogP) is 2.76. The first-order chi connectivity index (χ1) is 15.7. The van der Waals surface area contributed by atoms with Gasteiger partial charge in [-0.3, -0.25) is 19.3 Å². The molecule has 11 heteroatoms. The summed E-state index contributed by atoms with van der Waals surface area (Å²) in [6.45, 7) is 3.41. The molecule has 0 spiro atoms. The summed E-state index contributed by atoms with van der Waals surface area (Å²) in [6, 6.07) is 11.0. The van der Waals surface area contributed by atoms with E-state index in [4.69, 9.17) is 0 Å². The van der Waals surface area contributed by atoms with E-state index in [0.29, 0.717) is 5.56 Å². The minimum atomic E-state index is -3.79. The molecule has 0 bridgehead atoms. The standard InChI is InChI=1S/C22H20FN3O5S2/c1-2-10-25-33(30,31)18-5-3-4-16(14-18)20(27)24-11-12-26-21(28)19(32-22(26)29)13-15-6-8-17(23)9-7-15/h2-9,13-14,25H,1,10-12H2,(H,24,27)/b19-13-. The summed E-state index contributed by atoms with van der Waals surface area (Å²) in [5, 5.41) is 2.09. The molecule has 8 nitrogen and oxygen atoms in total. The van der Waals surface area contributed by atoms with E-state index in [9.17, 15) is 27.2 Å². The van der Waals surface area contributed by atoms with Crippen LogP contribution in [0.25, 0.3) is 6.08 Å². The molecule has 172 valence electrons. The summed E-state index contributed by atoms with van der Waals surface area (Å²) < 4.78 is 39.8. The zero-order valence-electron chi connectivity index (χ0n) is 17.3. The number of thioether (sulfide) groups is 1. The summed E-state index contributed by atoms with van der Waals surface area (Å²) in [7, 11) is -3.79. The molecule has 1 saturated heterocycles. The molecule has 1 heterocycles. The molecule has 0 saturated carbocycles. The summed E-state index contributed by atoms with van der Waals surface area (Å²) in [5.41, 5.74) is 0.689. The van der Waals surface area contributed by atoms with E-state index in [-0.39, 0.29) is 35.0 Å². The molecule has 0 radical (unpaired) electrons. The second-order valence-corrected chi connectivity index (χ2v) is 9.57. The quantitative estimate of drug-likeness (QED) is 0.414. The molecular weight excluding hydrogens is 469 g/mol. The molecule has 0 unspecified atom stereocenters. The Bertz CT molecular complexity index is 1230. The van der Waals surface area contributed by atoms with Crippen molar-refractivity contribution >= 4 is 44.9 Å². The Balaban J connectivity index is 1.60. The van der Waals surface area contributed by atoms with Crippen LogP contribution in [0.3, 0.4) is 0 Å². The lowest BCUT2D eigenvalue weighted by molar-refractivity contribution is -0.122. The monoisotopic (exact) mass is 489 g/mol. The average Bonchev–Trinajstić information content (AvgIpc) is 3.06. The van der Waals surface area contributed by atoms with E-state index in [0.717, 1.165) is 16.7 Å². The number of halogens is 1. The Labute approximate surface area is 194 Å². The van der Waals surface area contributed by atoms with Crippen molar-refractivity contribution in [3.8, 4) is 0 Å². The molecule has 1 fully saturated rings. The molecule has 2 aromatic carbocycles. The maximum atomic E-state index is 13.0. The maximum absolute atomic E-state index is 13.0. The second-order valence-electron chi connectivity index (χ2n) is 6.81. The first-order valence-corrected chi connectivity index (χ1v) is 12.0. The number of hydrogen-bond donors (Lipinski definition) is 2. The van der Waals surface area contributed by atoms with Crippen LogP contribution in [-0.2, 0) is 14.8 Å². The van der Waals surface area contributed by atoms with Crippen LogP contribution >= 0.6 is 11.8 Å². The largest absolute Gasteiger partial charge is 0.350 e. The van der Waals surface area contributed by atoms with Gasteiger partial charge in [0, 0.05) is 25.2 Å². The number of imide groups is 1. The number of hydrogen-bond acceptors (Lipinski definition) is 6. The summed E-state index contributed by atoms with van der Waals surface area (Å²) in [5.74, 6) is -1.47. The highest BCUT2D eigenvalue weighted by atomic mass is 32.2. The third kappa shape index (κ3) is 6.15. The average molecular weight is 490 g/mol. The molecule has 1 aliphatic rings. The van der Waals surface area contributed by atoms with Gasteiger partial charge in [0.1, 0.15) is 5.82 Å². The number of sulfonamides is 1. The van der Waals surface area contributed by atoms with Crippen LogP contribution in [0.5, 0.6) is 0 Å². The van der Waals surface area contributed by atoms with Gasteiger partial charge < -0.3 is 5.32 Å². The lowest BCUT2D eigenvalue weighted by Gasteiger charge is -2.13. The number of nitrogens with zero attached hydrogens (tertiary/aromatic N) is 1. The fourth-order valence-electron chi connectivity index (χ4n) is 2.84. The van der Waals surface area contributed by atoms with Crippen LogP contribution in [0, 0.1) is 5.82 Å². The van der Waals surface area contributed by atoms with Gasteiger partial charge in [0.15, 0.2) is 0 Å². The number of carbonyl (C=O) groups excluding carboxylic acids is 3. The van der Waals surface area contributed by atoms with Crippen LogP contribution in [0.2, 0.25) is 0 Å². The van der Waals surface area contributed by atoms with E-state index in [1.54, 1.807) is 0 Å². The molecule has 0 aliphatic carbocycles. The lowest BCUT2D eigenvalue weighted by Crippen LogP contribution is -2.37. The van der Waals surface area contributed by atoms with Crippen molar-refractivity contribution in [1.29, 1.82) is 0 Å². The van der Waals surface area contributed by atoms with E-state index < -0.39 is 32.9 Å². The van der Waals surface area contributed by atoms with Gasteiger partial charge in [0.05, 0.1) is 9.80 Å². The topological polar surface area (TPSA) is 113 Å². The molecular formula is C22H20FN3O5S2. The molecule has 0 atom stereocenters. The maximum Gasteiger partial charge on any atom is 0.293 e. The van der Waals surface area contributed by atoms with Gasteiger partial charge in [-0.25, -0.2) is 17.5 Å². The van der Waals surface area contributed by atoms with E-state index in [1.807, 2.05) is 0 Å². The summed E-state index contributed by atoms with van der Waals surface area (Å²) in [6.07, 6.45) is 2.89. The van der Waals surface area contributed by atoms with Crippen LogP contribution in [0.1, 0.15) is 15.9 Å².